The highest BCUT2D eigenvalue weighted by Gasteiger charge is 2.53. The zero-order valence-corrected chi connectivity index (χ0v) is 19.0. The van der Waals surface area contributed by atoms with Gasteiger partial charge < -0.3 is 5.11 Å². The number of nitrogens with one attached hydrogen (secondary N) is 1. The number of hydrogen-bond acceptors (Lipinski definition) is 4. The van der Waals surface area contributed by atoms with Crippen LogP contribution in [0.3, 0.4) is 0 Å². The molecule has 2 aromatic carbocycles. The van der Waals surface area contributed by atoms with E-state index in [1.54, 1.807) is 24.3 Å². The monoisotopic (exact) mass is 438 g/mol. The van der Waals surface area contributed by atoms with Crippen LogP contribution in [0.1, 0.15) is 61.6 Å². The fourth-order valence-corrected chi connectivity index (χ4v) is 7.26. The van der Waals surface area contributed by atoms with E-state index in [2.05, 4.69) is 22.9 Å². The molecule has 0 saturated heterocycles. The first kappa shape index (κ1) is 20.6. The molecule has 0 radical (unpaired) electrons. The van der Waals surface area contributed by atoms with E-state index in [1.165, 1.54) is 11.1 Å². The van der Waals surface area contributed by atoms with Crippen LogP contribution in [0.15, 0.2) is 52.5 Å². The van der Waals surface area contributed by atoms with E-state index < -0.39 is 10.0 Å². The van der Waals surface area contributed by atoms with Gasteiger partial charge in [-0.05, 0) is 98.6 Å². The molecule has 5 rings (SSSR count). The van der Waals surface area contributed by atoms with Crippen LogP contribution in [-0.2, 0) is 16.4 Å². The summed E-state index contributed by atoms with van der Waals surface area (Å²) in [5.41, 5.74) is 4.68. The Kier molecular flexibility index (Phi) is 4.88. The van der Waals surface area contributed by atoms with Gasteiger partial charge in [0, 0.05) is 11.1 Å². The molecule has 4 atom stereocenters. The first-order valence-electron chi connectivity index (χ1n) is 11.3. The number of hydrogen-bond donors (Lipinski definition) is 2. The Labute approximate surface area is 184 Å². The highest BCUT2D eigenvalue weighted by atomic mass is 32.2. The van der Waals surface area contributed by atoms with Gasteiger partial charge in [-0.15, -0.1) is 0 Å². The predicted octanol–water partition coefficient (Wildman–Crippen LogP) is 4.89. The van der Waals surface area contributed by atoms with Crippen molar-refractivity contribution in [2.45, 2.75) is 63.2 Å². The fourth-order valence-electron chi connectivity index (χ4n) is 6.43. The van der Waals surface area contributed by atoms with E-state index in [9.17, 15) is 13.5 Å². The maximum Gasteiger partial charge on any atom is 0.276 e. The van der Waals surface area contributed by atoms with Gasteiger partial charge in [0.05, 0.1) is 4.90 Å². The van der Waals surface area contributed by atoms with Gasteiger partial charge in [0.1, 0.15) is 5.75 Å². The molecule has 3 aliphatic carbocycles. The summed E-state index contributed by atoms with van der Waals surface area (Å²) in [6.45, 7) is 4.22. The van der Waals surface area contributed by atoms with Crippen molar-refractivity contribution in [2.75, 3.05) is 0 Å². The van der Waals surface area contributed by atoms with E-state index in [4.69, 9.17) is 0 Å². The molecule has 2 N–H and O–H groups in total. The van der Waals surface area contributed by atoms with Crippen LogP contribution < -0.4 is 4.83 Å². The van der Waals surface area contributed by atoms with Crippen molar-refractivity contribution in [3.63, 3.8) is 0 Å². The molecule has 0 aromatic heterocycles. The van der Waals surface area contributed by atoms with Crippen LogP contribution in [0.5, 0.6) is 5.75 Å². The second-order valence-corrected chi connectivity index (χ2v) is 11.4. The molecule has 0 heterocycles. The van der Waals surface area contributed by atoms with Crippen LogP contribution in [0, 0.1) is 24.2 Å². The van der Waals surface area contributed by atoms with Gasteiger partial charge in [-0.1, -0.05) is 30.7 Å². The summed E-state index contributed by atoms with van der Waals surface area (Å²) in [6, 6.07) is 12.7. The molecule has 5 nitrogen and oxygen atoms in total. The van der Waals surface area contributed by atoms with Crippen molar-refractivity contribution >= 4 is 15.7 Å². The molecule has 6 heteroatoms. The summed E-state index contributed by atoms with van der Waals surface area (Å²) < 4.78 is 25.4. The molecule has 0 unspecified atom stereocenters. The predicted molar refractivity (Wildman–Crippen MR) is 122 cm³/mol. The number of aryl methyl sites for hydroxylation is 2. The van der Waals surface area contributed by atoms with Crippen LogP contribution >= 0.6 is 0 Å². The third-order valence-electron chi connectivity index (χ3n) is 8.08. The van der Waals surface area contributed by atoms with E-state index in [-0.39, 0.29) is 10.3 Å². The Morgan fingerprint density at radius 2 is 1.84 bits per heavy atom. The van der Waals surface area contributed by atoms with Gasteiger partial charge in [-0.2, -0.15) is 13.5 Å². The standard InChI is InChI=1S/C25H30N2O3S/c1-16-3-7-19(8-4-16)31(29,30)27-26-24-12-11-23-22-9-5-17-15-18(28)6-10-20(17)21(22)13-14-25(23,24)2/h3-4,6-8,10,15,21-23,27-28H,5,9,11-14H2,1-2H3/b26-24-/t21-,22-,23+,25-/m0/s1. The van der Waals surface area contributed by atoms with E-state index in [0.717, 1.165) is 49.8 Å². The number of benzene rings is 2. The summed E-state index contributed by atoms with van der Waals surface area (Å²) in [7, 11) is -3.66. The molecule has 2 aromatic rings. The van der Waals surface area contributed by atoms with Crippen molar-refractivity contribution in [1.82, 2.24) is 4.83 Å². The molecule has 0 amide bonds. The average Bonchev–Trinajstić information content (AvgIpc) is 3.08. The summed E-state index contributed by atoms with van der Waals surface area (Å²) in [5.74, 6) is 2.01. The second kappa shape index (κ2) is 7.37. The highest BCUT2D eigenvalue weighted by Crippen LogP contribution is 2.59. The number of phenolic OH excluding ortho intramolecular Hbond substituents is 1. The molecule has 0 aliphatic heterocycles. The Hall–Kier alpha value is -2.34. The van der Waals surface area contributed by atoms with Crippen molar-refractivity contribution in [3.05, 3.63) is 59.2 Å². The maximum atomic E-state index is 12.7. The van der Waals surface area contributed by atoms with Crippen LogP contribution in [0.2, 0.25) is 0 Å². The lowest BCUT2D eigenvalue weighted by Crippen LogP contribution is -2.43. The number of rotatable bonds is 3. The number of nitrogens with zero attached hydrogens (tertiary/aromatic N) is 1. The second-order valence-electron chi connectivity index (χ2n) is 9.76. The number of hydrazone groups is 1. The quantitative estimate of drug-likeness (QED) is 0.670. The molecular formula is C25H30N2O3S. The lowest BCUT2D eigenvalue weighted by Gasteiger charge is -2.49. The molecule has 2 fully saturated rings. The number of aromatic hydroxyl groups is 1. The van der Waals surface area contributed by atoms with Gasteiger partial charge in [0.25, 0.3) is 10.0 Å². The topological polar surface area (TPSA) is 78.8 Å². The Bertz CT molecular complexity index is 1140. The summed E-state index contributed by atoms with van der Waals surface area (Å²) in [4.78, 5) is 2.77. The number of sulfonamides is 1. The van der Waals surface area contributed by atoms with Gasteiger partial charge in [0.2, 0.25) is 0 Å². The third-order valence-corrected chi connectivity index (χ3v) is 9.31. The Morgan fingerprint density at radius 1 is 1.06 bits per heavy atom. The lowest BCUT2D eigenvalue weighted by atomic mass is 9.55. The first-order valence-corrected chi connectivity index (χ1v) is 12.7. The van der Waals surface area contributed by atoms with Crippen LogP contribution in [0.25, 0.3) is 0 Å². The molecule has 3 aliphatic rings. The highest BCUT2D eigenvalue weighted by molar-refractivity contribution is 7.89. The van der Waals surface area contributed by atoms with Gasteiger partial charge >= 0.3 is 0 Å². The van der Waals surface area contributed by atoms with Gasteiger partial charge in [-0.25, -0.2) is 4.83 Å². The molecule has 164 valence electrons. The molecule has 0 bridgehead atoms. The molecule has 0 spiro atoms. The zero-order valence-electron chi connectivity index (χ0n) is 18.1. The van der Waals surface area contributed by atoms with Crippen LogP contribution in [0.4, 0.5) is 0 Å². The first-order chi connectivity index (χ1) is 14.8. The molecule has 2 saturated carbocycles. The summed E-state index contributed by atoms with van der Waals surface area (Å²) >= 11 is 0. The SMILES string of the molecule is Cc1ccc(S(=O)(=O)N/N=C2/CC[C@@H]3[C@H]4CCc5cc(O)ccc5[C@@H]4CC[C@]23C)cc1. The maximum absolute atomic E-state index is 12.7. The number of fused-ring (bicyclic) bond motifs is 5. The third kappa shape index (κ3) is 3.45. The van der Waals surface area contributed by atoms with E-state index in [1.807, 2.05) is 19.1 Å². The average molecular weight is 439 g/mol. The minimum Gasteiger partial charge on any atom is -0.508 e. The van der Waals surface area contributed by atoms with Crippen LogP contribution in [-0.4, -0.2) is 19.2 Å². The largest absolute Gasteiger partial charge is 0.508 e. The fraction of sp³-hybridized carbons (Fsp3) is 0.480. The summed E-state index contributed by atoms with van der Waals surface area (Å²) in [5, 5.41) is 14.3. The number of phenols is 1. The van der Waals surface area contributed by atoms with E-state index in [0.29, 0.717) is 23.5 Å². The van der Waals surface area contributed by atoms with Crippen molar-refractivity contribution < 1.29 is 13.5 Å². The lowest BCUT2D eigenvalue weighted by molar-refractivity contribution is 0.0954. The Morgan fingerprint density at radius 3 is 2.61 bits per heavy atom. The molecule has 31 heavy (non-hydrogen) atoms. The van der Waals surface area contributed by atoms with Crippen molar-refractivity contribution in [3.8, 4) is 5.75 Å². The van der Waals surface area contributed by atoms with Crippen molar-refractivity contribution in [2.24, 2.45) is 22.4 Å². The Balaban J connectivity index is 1.38. The van der Waals surface area contributed by atoms with Crippen molar-refractivity contribution in [1.29, 1.82) is 0 Å². The van der Waals surface area contributed by atoms with Gasteiger partial charge in [0.15, 0.2) is 0 Å². The minimum atomic E-state index is -3.66. The normalized spacial score (nSPS) is 31.0. The zero-order chi connectivity index (χ0) is 21.8. The smallest absolute Gasteiger partial charge is 0.276 e. The molecular weight excluding hydrogens is 408 g/mol. The van der Waals surface area contributed by atoms with E-state index >= 15 is 0 Å². The summed E-state index contributed by atoms with van der Waals surface area (Å²) in [6.07, 6.45) is 6.15. The van der Waals surface area contributed by atoms with Gasteiger partial charge in [-0.3, -0.25) is 0 Å². The minimum absolute atomic E-state index is 0.0502.